The first kappa shape index (κ1) is 25.6. The maximum Gasteiger partial charge on any atom is 0.322 e. The number of hydrogen-bond donors (Lipinski definition) is 1. The van der Waals surface area contributed by atoms with Gasteiger partial charge in [0.05, 0.1) is 36.0 Å². The van der Waals surface area contributed by atoms with E-state index in [-0.39, 0.29) is 38.4 Å². The Morgan fingerprint density at radius 1 is 1.13 bits per heavy atom. The summed E-state index contributed by atoms with van der Waals surface area (Å²) in [5, 5.41) is 11.0. The van der Waals surface area contributed by atoms with Crippen LogP contribution >= 0.6 is 11.3 Å². The van der Waals surface area contributed by atoms with Gasteiger partial charge in [-0.25, -0.2) is 9.80 Å². The number of nitrogens with zero attached hydrogens (tertiary/aromatic N) is 3. The van der Waals surface area contributed by atoms with Crippen LogP contribution < -0.4 is 19.5 Å². The molecule has 0 aliphatic carbocycles. The number of urea groups is 1. The molecule has 3 amide bonds. The number of ether oxygens (including phenoxy) is 4. The van der Waals surface area contributed by atoms with Crippen molar-refractivity contribution in [2.24, 2.45) is 5.10 Å². The van der Waals surface area contributed by atoms with Crippen molar-refractivity contribution in [3.63, 3.8) is 0 Å². The average molecular weight is 537 g/mol. The summed E-state index contributed by atoms with van der Waals surface area (Å²) >= 11 is 1.57. The molecule has 5 rings (SSSR count). The molecule has 11 heteroatoms. The highest BCUT2D eigenvalue weighted by molar-refractivity contribution is 7.12. The number of fused-ring (bicyclic) bond motifs is 1. The minimum atomic E-state index is -0.443. The second-order valence-electron chi connectivity index (χ2n) is 8.64. The van der Waals surface area contributed by atoms with Gasteiger partial charge < -0.3 is 29.2 Å². The van der Waals surface area contributed by atoms with Crippen molar-refractivity contribution in [1.82, 2.24) is 9.91 Å². The molecule has 0 bridgehead atoms. The molecule has 0 saturated carbocycles. The van der Waals surface area contributed by atoms with E-state index in [1.54, 1.807) is 36.6 Å². The molecule has 2 aliphatic rings. The van der Waals surface area contributed by atoms with Crippen molar-refractivity contribution in [2.75, 3.05) is 46.0 Å². The average Bonchev–Trinajstić information content (AvgIpc) is 3.71. The van der Waals surface area contributed by atoms with E-state index in [0.29, 0.717) is 29.4 Å². The minimum Gasteiger partial charge on any atom is -0.495 e. The van der Waals surface area contributed by atoms with Gasteiger partial charge in [-0.15, -0.1) is 11.3 Å². The van der Waals surface area contributed by atoms with E-state index in [1.165, 1.54) is 17.0 Å². The summed E-state index contributed by atoms with van der Waals surface area (Å²) in [4.78, 5) is 29.4. The molecule has 2 aliphatic heterocycles. The first-order valence-corrected chi connectivity index (χ1v) is 13.0. The maximum absolute atomic E-state index is 13.7. The van der Waals surface area contributed by atoms with E-state index in [4.69, 9.17) is 24.0 Å². The lowest BCUT2D eigenvalue weighted by Gasteiger charge is -2.27. The van der Waals surface area contributed by atoms with Gasteiger partial charge in [-0.2, -0.15) is 5.10 Å². The first-order chi connectivity index (χ1) is 18.6. The fourth-order valence-corrected chi connectivity index (χ4v) is 5.06. The number of hydrazone groups is 1. The molecule has 3 aromatic rings. The van der Waals surface area contributed by atoms with Crippen LogP contribution in [0.3, 0.4) is 0 Å². The first-order valence-electron chi connectivity index (χ1n) is 12.1. The standard InChI is InChI=1S/C27H28N4O6S/c1-34-12-11-30(27(33)28-19-6-3-4-7-22(19)35-2)16-26(32)31-21(15-20(29-31)25-8-5-13-38-25)18-9-10-23-24(14-18)37-17-36-23/h3-10,13-14,21H,11-12,15-17H2,1-2H3,(H,28,33)/t21-/m1/s1. The lowest BCUT2D eigenvalue weighted by atomic mass is 10.0. The highest BCUT2D eigenvalue weighted by atomic mass is 32.1. The highest BCUT2D eigenvalue weighted by Crippen LogP contribution is 2.39. The lowest BCUT2D eigenvalue weighted by molar-refractivity contribution is -0.133. The zero-order chi connectivity index (χ0) is 26.5. The number of hydrogen-bond acceptors (Lipinski definition) is 8. The van der Waals surface area contributed by atoms with Gasteiger partial charge in [0, 0.05) is 20.1 Å². The molecule has 3 heterocycles. The number of benzene rings is 2. The molecule has 0 unspecified atom stereocenters. The SMILES string of the molecule is COCCN(CC(=O)N1N=C(c2cccs2)C[C@@H]1c1ccc2c(c1)OCO2)C(=O)Nc1ccccc1OC. The number of thiophene rings is 1. The number of para-hydroxylation sites is 2. The number of nitrogens with one attached hydrogen (secondary N) is 1. The predicted molar refractivity (Wildman–Crippen MR) is 143 cm³/mol. The van der Waals surface area contributed by atoms with Crippen molar-refractivity contribution in [3.05, 3.63) is 70.4 Å². The Morgan fingerprint density at radius 2 is 1.97 bits per heavy atom. The number of carbonyl (C=O) groups is 2. The van der Waals surface area contributed by atoms with Gasteiger partial charge in [-0.3, -0.25) is 4.79 Å². The summed E-state index contributed by atoms with van der Waals surface area (Å²) in [7, 11) is 3.08. The van der Waals surface area contributed by atoms with Crippen molar-refractivity contribution in [2.45, 2.75) is 12.5 Å². The van der Waals surface area contributed by atoms with E-state index in [0.717, 1.165) is 16.2 Å². The number of methoxy groups -OCH3 is 2. The number of anilines is 1. The minimum absolute atomic E-state index is 0.165. The van der Waals surface area contributed by atoms with Gasteiger partial charge in [0.1, 0.15) is 12.3 Å². The summed E-state index contributed by atoms with van der Waals surface area (Å²) < 4.78 is 21.6. The third-order valence-electron chi connectivity index (χ3n) is 6.28. The molecule has 198 valence electrons. The van der Waals surface area contributed by atoms with Gasteiger partial charge >= 0.3 is 6.03 Å². The van der Waals surface area contributed by atoms with Crippen LogP contribution in [0.2, 0.25) is 0 Å². The summed E-state index contributed by atoms with van der Waals surface area (Å²) in [5.74, 6) is 1.51. The molecule has 0 spiro atoms. The van der Waals surface area contributed by atoms with Crippen LogP contribution in [-0.2, 0) is 9.53 Å². The van der Waals surface area contributed by atoms with Crippen molar-refractivity contribution in [3.8, 4) is 17.2 Å². The summed E-state index contributed by atoms with van der Waals surface area (Å²) in [6.07, 6.45) is 0.539. The molecular weight excluding hydrogens is 508 g/mol. The molecule has 0 fully saturated rings. The lowest BCUT2D eigenvalue weighted by Crippen LogP contribution is -2.44. The fraction of sp³-hybridized carbons (Fsp3) is 0.296. The molecule has 2 aromatic carbocycles. The topological polar surface area (TPSA) is 102 Å². The van der Waals surface area contributed by atoms with E-state index >= 15 is 0 Å². The van der Waals surface area contributed by atoms with E-state index in [2.05, 4.69) is 5.32 Å². The molecule has 10 nitrogen and oxygen atoms in total. The Bertz CT molecular complexity index is 1330. The molecule has 0 radical (unpaired) electrons. The molecular formula is C27H28N4O6S. The van der Waals surface area contributed by atoms with Crippen LogP contribution in [0.5, 0.6) is 17.2 Å². The Morgan fingerprint density at radius 3 is 2.76 bits per heavy atom. The van der Waals surface area contributed by atoms with E-state index < -0.39 is 6.03 Å². The summed E-state index contributed by atoms with van der Waals surface area (Å²) in [5.41, 5.74) is 2.20. The van der Waals surface area contributed by atoms with Crippen molar-refractivity contribution >= 4 is 34.7 Å². The third-order valence-corrected chi connectivity index (χ3v) is 7.20. The number of amides is 3. The largest absolute Gasteiger partial charge is 0.495 e. The van der Waals surface area contributed by atoms with Crippen LogP contribution in [0, 0.1) is 0 Å². The predicted octanol–water partition coefficient (Wildman–Crippen LogP) is 4.34. The van der Waals surface area contributed by atoms with Crippen LogP contribution in [0.25, 0.3) is 0 Å². The van der Waals surface area contributed by atoms with Gasteiger partial charge in [0.25, 0.3) is 5.91 Å². The zero-order valence-electron chi connectivity index (χ0n) is 21.1. The van der Waals surface area contributed by atoms with Gasteiger partial charge in [0.2, 0.25) is 6.79 Å². The summed E-state index contributed by atoms with van der Waals surface area (Å²) in [6, 6.07) is 15.9. The van der Waals surface area contributed by atoms with Crippen molar-refractivity contribution in [1.29, 1.82) is 0 Å². The second kappa shape index (κ2) is 11.5. The van der Waals surface area contributed by atoms with Crippen LogP contribution in [0.15, 0.2) is 65.1 Å². The summed E-state index contributed by atoms with van der Waals surface area (Å²) in [6.45, 7) is 0.459. The Kier molecular flexibility index (Phi) is 7.75. The fourth-order valence-electron chi connectivity index (χ4n) is 4.34. The number of rotatable bonds is 9. The molecule has 1 atom stereocenters. The van der Waals surface area contributed by atoms with Gasteiger partial charge in [-0.1, -0.05) is 24.3 Å². The zero-order valence-corrected chi connectivity index (χ0v) is 21.9. The monoisotopic (exact) mass is 536 g/mol. The Labute approximate surface area is 224 Å². The smallest absolute Gasteiger partial charge is 0.322 e. The molecule has 38 heavy (non-hydrogen) atoms. The van der Waals surface area contributed by atoms with Crippen LogP contribution in [0.4, 0.5) is 10.5 Å². The Hall–Kier alpha value is -4.09. The van der Waals surface area contributed by atoms with E-state index in [9.17, 15) is 9.59 Å². The third kappa shape index (κ3) is 5.43. The molecule has 1 N–H and O–H groups in total. The van der Waals surface area contributed by atoms with Crippen molar-refractivity contribution < 1.29 is 28.5 Å². The highest BCUT2D eigenvalue weighted by Gasteiger charge is 2.35. The van der Waals surface area contributed by atoms with Crippen LogP contribution in [-0.4, -0.2) is 68.3 Å². The second-order valence-corrected chi connectivity index (χ2v) is 9.59. The quantitative estimate of drug-likeness (QED) is 0.437. The van der Waals surface area contributed by atoms with E-state index in [1.807, 2.05) is 41.8 Å². The maximum atomic E-state index is 13.7. The van der Waals surface area contributed by atoms with Gasteiger partial charge in [0.15, 0.2) is 11.5 Å². The number of carbonyl (C=O) groups excluding carboxylic acids is 2. The molecule has 0 saturated heterocycles. The molecule has 1 aromatic heterocycles. The normalized spacial score (nSPS) is 15.8. The van der Waals surface area contributed by atoms with Gasteiger partial charge in [-0.05, 0) is 41.3 Å². The Balaban J connectivity index is 1.39. The van der Waals surface area contributed by atoms with Crippen LogP contribution in [0.1, 0.15) is 22.9 Å².